The monoisotopic (exact) mass is 545 g/mol. The number of carbonyl (C=O) groups excluding carboxylic acids is 1. The molecule has 1 fully saturated rings. The number of nitrogens with zero attached hydrogens (tertiary/aromatic N) is 1. The summed E-state index contributed by atoms with van der Waals surface area (Å²) in [4.78, 5) is 15.5. The maximum absolute atomic E-state index is 13.2. The molecule has 0 bridgehead atoms. The van der Waals surface area contributed by atoms with Crippen LogP contribution >= 0.6 is 0 Å². The highest BCUT2D eigenvalue weighted by molar-refractivity contribution is 5.74. The number of hydrogen-bond donors (Lipinski definition) is 0. The first-order valence-electron chi connectivity index (χ1n) is 15.4. The molecule has 3 atom stereocenters. The molecule has 5 heteroatoms. The molecule has 0 saturated carbocycles. The quantitative estimate of drug-likeness (QED) is 0.176. The molecule has 2 aliphatic heterocycles. The summed E-state index contributed by atoms with van der Waals surface area (Å²) in [7, 11) is 0. The SMILES string of the molecule is CC1=CC2c3c(OC(=O)CCCN4CCOCC4)cc(C(C)CCCc4ccccc4)cc3OC(C)(C)C2CC1. The standard InChI is InChI=1S/C35H47NO4/c1-25-15-16-30-29(22-25)34-31(39-33(37)14-9-17-36-18-20-38-21-19-36)23-28(24-32(34)40-35(30,3)4)26(2)10-8-13-27-11-6-5-7-12-27/h5-7,11-12,22-24,26,29-30H,8-10,13-21H2,1-4H3. The maximum Gasteiger partial charge on any atom is 0.311 e. The summed E-state index contributed by atoms with van der Waals surface area (Å²) in [6.07, 6.45) is 9.03. The third-order valence-electron chi connectivity index (χ3n) is 9.17. The van der Waals surface area contributed by atoms with Crippen molar-refractivity contribution < 1.29 is 19.0 Å². The third kappa shape index (κ3) is 6.98. The lowest BCUT2D eigenvalue weighted by molar-refractivity contribution is -0.134. The summed E-state index contributed by atoms with van der Waals surface area (Å²) in [6.45, 7) is 13.3. The predicted molar refractivity (Wildman–Crippen MR) is 160 cm³/mol. The number of rotatable bonds is 10. The van der Waals surface area contributed by atoms with E-state index >= 15 is 0 Å². The second-order valence-corrected chi connectivity index (χ2v) is 12.6. The molecular formula is C35H47NO4. The number of hydrogen-bond acceptors (Lipinski definition) is 5. The Labute approximate surface area is 240 Å². The maximum atomic E-state index is 13.2. The van der Waals surface area contributed by atoms with Crippen LogP contribution in [-0.2, 0) is 16.0 Å². The average Bonchev–Trinajstić information content (AvgIpc) is 2.93. The number of allylic oxidation sites excluding steroid dienone is 2. The van der Waals surface area contributed by atoms with E-state index in [2.05, 4.69) is 81.1 Å². The highest BCUT2D eigenvalue weighted by atomic mass is 16.5. The number of morpholine rings is 1. The molecule has 2 heterocycles. The Kier molecular flexibility index (Phi) is 9.32. The van der Waals surface area contributed by atoms with Gasteiger partial charge in [-0.2, -0.15) is 0 Å². The number of aryl methyl sites for hydroxylation is 1. The van der Waals surface area contributed by atoms with Crippen molar-refractivity contribution in [1.29, 1.82) is 0 Å². The van der Waals surface area contributed by atoms with Gasteiger partial charge in [-0.15, -0.1) is 0 Å². The Hall–Kier alpha value is -2.63. The molecule has 2 aromatic carbocycles. The average molecular weight is 546 g/mol. The molecule has 5 nitrogen and oxygen atoms in total. The fourth-order valence-electron chi connectivity index (χ4n) is 6.76. The van der Waals surface area contributed by atoms with Gasteiger partial charge in [0.15, 0.2) is 0 Å². The molecule has 1 saturated heterocycles. The molecule has 0 amide bonds. The Morgan fingerprint density at radius 3 is 2.67 bits per heavy atom. The molecule has 0 N–H and O–H groups in total. The van der Waals surface area contributed by atoms with Gasteiger partial charge < -0.3 is 14.2 Å². The van der Waals surface area contributed by atoms with Gasteiger partial charge in [-0.25, -0.2) is 0 Å². The molecule has 2 aromatic rings. The fraction of sp³-hybridized carbons (Fsp3) is 0.571. The van der Waals surface area contributed by atoms with Crippen molar-refractivity contribution in [2.24, 2.45) is 5.92 Å². The van der Waals surface area contributed by atoms with Crippen molar-refractivity contribution in [2.45, 2.75) is 90.1 Å². The number of esters is 1. The molecule has 216 valence electrons. The first-order chi connectivity index (χ1) is 19.3. The van der Waals surface area contributed by atoms with Gasteiger partial charge in [0.1, 0.15) is 17.1 Å². The van der Waals surface area contributed by atoms with E-state index in [-0.39, 0.29) is 17.5 Å². The zero-order valence-electron chi connectivity index (χ0n) is 24.9. The summed E-state index contributed by atoms with van der Waals surface area (Å²) >= 11 is 0. The summed E-state index contributed by atoms with van der Waals surface area (Å²) in [6, 6.07) is 15.1. The molecule has 0 radical (unpaired) electrons. The summed E-state index contributed by atoms with van der Waals surface area (Å²) in [5.41, 5.74) is 4.76. The van der Waals surface area contributed by atoms with Crippen molar-refractivity contribution in [3.63, 3.8) is 0 Å². The van der Waals surface area contributed by atoms with E-state index in [1.54, 1.807) is 0 Å². The highest BCUT2D eigenvalue weighted by Gasteiger charge is 2.45. The molecule has 5 rings (SSSR count). The molecular weight excluding hydrogens is 498 g/mol. The minimum absolute atomic E-state index is 0.151. The minimum Gasteiger partial charge on any atom is -0.487 e. The first kappa shape index (κ1) is 28.9. The van der Waals surface area contributed by atoms with Gasteiger partial charge in [0.05, 0.1) is 13.2 Å². The van der Waals surface area contributed by atoms with Crippen molar-refractivity contribution in [3.05, 3.63) is 70.8 Å². The van der Waals surface area contributed by atoms with E-state index in [1.165, 1.54) is 16.7 Å². The van der Waals surface area contributed by atoms with Crippen LogP contribution in [0.4, 0.5) is 0 Å². The van der Waals surface area contributed by atoms with Crippen molar-refractivity contribution in [1.82, 2.24) is 4.90 Å². The van der Waals surface area contributed by atoms with Crippen molar-refractivity contribution in [3.8, 4) is 11.5 Å². The van der Waals surface area contributed by atoms with Gasteiger partial charge in [0.25, 0.3) is 0 Å². The van der Waals surface area contributed by atoms with Crippen LogP contribution in [0.5, 0.6) is 11.5 Å². The molecule has 3 aliphatic rings. The van der Waals surface area contributed by atoms with Gasteiger partial charge >= 0.3 is 5.97 Å². The fourth-order valence-corrected chi connectivity index (χ4v) is 6.76. The number of ether oxygens (including phenoxy) is 3. The van der Waals surface area contributed by atoms with E-state index in [4.69, 9.17) is 14.2 Å². The first-order valence-corrected chi connectivity index (χ1v) is 15.4. The minimum atomic E-state index is -0.274. The van der Waals surface area contributed by atoms with Crippen LogP contribution in [0.25, 0.3) is 0 Å². The summed E-state index contributed by atoms with van der Waals surface area (Å²) in [5.74, 6) is 2.33. The number of benzene rings is 2. The molecule has 0 aromatic heterocycles. The van der Waals surface area contributed by atoms with E-state index < -0.39 is 0 Å². The van der Waals surface area contributed by atoms with E-state index in [0.29, 0.717) is 24.0 Å². The van der Waals surface area contributed by atoms with Gasteiger partial charge in [-0.3, -0.25) is 9.69 Å². The summed E-state index contributed by atoms with van der Waals surface area (Å²) < 4.78 is 18.4. The second-order valence-electron chi connectivity index (χ2n) is 12.6. The van der Waals surface area contributed by atoms with E-state index in [0.717, 1.165) is 82.7 Å². The molecule has 1 aliphatic carbocycles. The number of fused-ring (bicyclic) bond motifs is 3. The highest BCUT2D eigenvalue weighted by Crippen LogP contribution is 2.54. The third-order valence-corrected chi connectivity index (χ3v) is 9.17. The Morgan fingerprint density at radius 2 is 1.90 bits per heavy atom. The smallest absolute Gasteiger partial charge is 0.311 e. The normalized spacial score (nSPS) is 22.9. The second kappa shape index (κ2) is 12.9. The van der Waals surface area contributed by atoms with Crippen molar-refractivity contribution in [2.75, 3.05) is 32.8 Å². The van der Waals surface area contributed by atoms with Crippen LogP contribution in [0.3, 0.4) is 0 Å². The number of carbonyl (C=O) groups is 1. The Balaban J connectivity index is 1.36. The van der Waals surface area contributed by atoms with Crippen molar-refractivity contribution >= 4 is 5.97 Å². The Morgan fingerprint density at radius 1 is 1.12 bits per heavy atom. The van der Waals surface area contributed by atoms with Gasteiger partial charge in [-0.1, -0.05) is 48.9 Å². The zero-order valence-corrected chi connectivity index (χ0v) is 24.9. The molecule has 0 spiro atoms. The lowest BCUT2D eigenvalue weighted by atomic mass is 9.68. The van der Waals surface area contributed by atoms with Crippen LogP contribution in [0.1, 0.15) is 94.7 Å². The largest absolute Gasteiger partial charge is 0.487 e. The van der Waals surface area contributed by atoms with E-state index in [1.807, 2.05) is 0 Å². The van der Waals surface area contributed by atoms with Crippen LogP contribution < -0.4 is 9.47 Å². The van der Waals surface area contributed by atoms with Crippen LogP contribution in [0.15, 0.2) is 54.1 Å². The van der Waals surface area contributed by atoms with Crippen LogP contribution in [0, 0.1) is 5.92 Å². The van der Waals surface area contributed by atoms with Gasteiger partial charge in [0.2, 0.25) is 0 Å². The summed E-state index contributed by atoms with van der Waals surface area (Å²) in [5, 5.41) is 0. The predicted octanol–water partition coefficient (Wildman–Crippen LogP) is 7.44. The lowest BCUT2D eigenvalue weighted by Crippen LogP contribution is -2.45. The van der Waals surface area contributed by atoms with E-state index in [9.17, 15) is 4.79 Å². The lowest BCUT2D eigenvalue weighted by Gasteiger charge is -2.46. The zero-order chi connectivity index (χ0) is 28.1. The topological polar surface area (TPSA) is 48.0 Å². The van der Waals surface area contributed by atoms with Gasteiger partial charge in [0, 0.05) is 36.9 Å². The van der Waals surface area contributed by atoms with Crippen LogP contribution in [-0.4, -0.2) is 49.3 Å². The molecule has 40 heavy (non-hydrogen) atoms. The Bertz CT molecular complexity index is 1180. The molecule has 3 unspecified atom stereocenters. The van der Waals surface area contributed by atoms with Crippen LogP contribution in [0.2, 0.25) is 0 Å². The van der Waals surface area contributed by atoms with Gasteiger partial charge in [-0.05, 0) is 95.0 Å².